The van der Waals surface area contributed by atoms with Crippen LogP contribution in [0.2, 0.25) is 0 Å². The van der Waals surface area contributed by atoms with Gasteiger partial charge in [0.2, 0.25) is 0 Å². The molecule has 0 heterocycles. The predicted octanol–water partition coefficient (Wildman–Crippen LogP) is 4.20. The third-order valence-corrected chi connectivity index (χ3v) is 9.85. The lowest BCUT2D eigenvalue weighted by molar-refractivity contribution is -0.276. The second kappa shape index (κ2) is 12.9. The molecule has 0 amide bonds. The van der Waals surface area contributed by atoms with Crippen molar-refractivity contribution in [2.45, 2.75) is 29.9 Å². The summed E-state index contributed by atoms with van der Waals surface area (Å²) in [4.78, 5) is 21.2. The standard InChI is InChI=1S/C28H33N2O6PS/c1-4-38(33,34)26(28(35-2,36-3)30(37(31)32)22-14-21-29)27(23-15-8-5-9-16-23,24-17-10-6-11-18-24)25-19-12-7-13-20-25/h5-13,15-20,26,31-32H,4,14,22H2,1-3H3. The Balaban J connectivity index is 2.63. The van der Waals surface area contributed by atoms with Crippen molar-refractivity contribution in [3.8, 4) is 6.07 Å². The van der Waals surface area contributed by atoms with Crippen LogP contribution in [0.3, 0.4) is 0 Å². The summed E-state index contributed by atoms with van der Waals surface area (Å²) in [7, 11) is -4.54. The van der Waals surface area contributed by atoms with Crippen LogP contribution in [0.15, 0.2) is 91.0 Å². The molecule has 8 nitrogen and oxygen atoms in total. The fourth-order valence-corrected chi connectivity index (χ4v) is 8.10. The van der Waals surface area contributed by atoms with E-state index in [4.69, 9.17) is 9.47 Å². The maximum absolute atomic E-state index is 14.4. The Labute approximate surface area is 226 Å². The average Bonchev–Trinajstić information content (AvgIpc) is 2.96. The molecule has 202 valence electrons. The van der Waals surface area contributed by atoms with Crippen molar-refractivity contribution >= 4 is 18.4 Å². The van der Waals surface area contributed by atoms with E-state index in [0.29, 0.717) is 16.7 Å². The maximum Gasteiger partial charge on any atom is 0.257 e. The molecule has 38 heavy (non-hydrogen) atoms. The van der Waals surface area contributed by atoms with Gasteiger partial charge in [0.25, 0.3) is 14.4 Å². The molecule has 0 spiro atoms. The van der Waals surface area contributed by atoms with E-state index in [1.54, 1.807) is 0 Å². The smallest absolute Gasteiger partial charge is 0.257 e. The molecule has 0 aromatic heterocycles. The third kappa shape index (κ3) is 5.40. The summed E-state index contributed by atoms with van der Waals surface area (Å²) in [5, 5.41) is 7.76. The van der Waals surface area contributed by atoms with E-state index in [9.17, 15) is 23.5 Å². The highest BCUT2D eigenvalue weighted by molar-refractivity contribution is 7.92. The topological polar surface area (TPSA) is 120 Å². The molecule has 0 radical (unpaired) electrons. The number of ether oxygens (including phenoxy) is 2. The third-order valence-electron chi connectivity index (χ3n) is 6.77. The van der Waals surface area contributed by atoms with Crippen LogP contribution in [0.5, 0.6) is 0 Å². The van der Waals surface area contributed by atoms with Crippen molar-refractivity contribution in [3.05, 3.63) is 108 Å². The number of benzene rings is 3. The lowest BCUT2D eigenvalue weighted by Gasteiger charge is -2.52. The van der Waals surface area contributed by atoms with Crippen LogP contribution in [0.1, 0.15) is 30.0 Å². The number of hydrogen-bond acceptors (Lipinski definition) is 8. The van der Waals surface area contributed by atoms with Crippen LogP contribution in [-0.2, 0) is 24.7 Å². The highest BCUT2D eigenvalue weighted by Gasteiger charge is 2.64. The Kier molecular flexibility index (Phi) is 10.2. The maximum atomic E-state index is 14.4. The molecule has 0 fully saturated rings. The van der Waals surface area contributed by atoms with E-state index < -0.39 is 34.9 Å². The summed E-state index contributed by atoms with van der Waals surface area (Å²) in [5.74, 6) is -2.50. The number of rotatable bonds is 13. The molecule has 0 saturated heterocycles. The number of hydrogen-bond donors (Lipinski definition) is 2. The number of methoxy groups -OCH3 is 2. The van der Waals surface area contributed by atoms with Crippen LogP contribution < -0.4 is 0 Å². The molecule has 10 heteroatoms. The zero-order valence-electron chi connectivity index (χ0n) is 21.6. The first-order chi connectivity index (χ1) is 18.3. The highest BCUT2D eigenvalue weighted by atomic mass is 32.2. The molecular weight excluding hydrogens is 523 g/mol. The van der Waals surface area contributed by atoms with Gasteiger partial charge in [-0.2, -0.15) is 9.93 Å². The summed E-state index contributed by atoms with van der Waals surface area (Å²) < 4.78 is 41.8. The average molecular weight is 557 g/mol. The SMILES string of the molecule is CCS(=O)(=O)C(C(c1ccccc1)(c1ccccc1)c1ccccc1)C(OC)(OC)N(CCC#N)P(O)O. The van der Waals surface area contributed by atoms with Gasteiger partial charge in [0.05, 0.1) is 11.5 Å². The van der Waals surface area contributed by atoms with Crippen molar-refractivity contribution in [1.29, 1.82) is 5.26 Å². The summed E-state index contributed by atoms with van der Waals surface area (Å²) in [6.45, 7) is 1.32. The van der Waals surface area contributed by atoms with Gasteiger partial charge in [0, 0.05) is 32.9 Å². The van der Waals surface area contributed by atoms with E-state index in [2.05, 4.69) is 0 Å². The van der Waals surface area contributed by atoms with Crippen molar-refractivity contribution in [2.75, 3.05) is 26.5 Å². The van der Waals surface area contributed by atoms with Gasteiger partial charge in [-0.15, -0.1) is 0 Å². The van der Waals surface area contributed by atoms with Crippen LogP contribution in [0.4, 0.5) is 0 Å². The van der Waals surface area contributed by atoms with Crippen LogP contribution in [-0.4, -0.2) is 60.6 Å². The second-order valence-corrected chi connectivity index (χ2v) is 12.0. The Morgan fingerprint density at radius 3 is 1.55 bits per heavy atom. The van der Waals surface area contributed by atoms with E-state index >= 15 is 0 Å². The lowest BCUT2D eigenvalue weighted by Crippen LogP contribution is -2.67. The molecule has 0 saturated carbocycles. The molecule has 0 aliphatic heterocycles. The number of sulfone groups is 1. The fourth-order valence-electron chi connectivity index (χ4n) is 5.16. The van der Waals surface area contributed by atoms with Gasteiger partial charge < -0.3 is 19.3 Å². The molecule has 0 aliphatic carbocycles. The quantitative estimate of drug-likeness (QED) is 0.183. The monoisotopic (exact) mass is 556 g/mol. The van der Waals surface area contributed by atoms with Gasteiger partial charge in [0.15, 0.2) is 9.84 Å². The van der Waals surface area contributed by atoms with Gasteiger partial charge >= 0.3 is 0 Å². The van der Waals surface area contributed by atoms with Crippen LogP contribution in [0, 0.1) is 11.3 Å². The predicted molar refractivity (Wildman–Crippen MR) is 147 cm³/mol. The minimum atomic E-state index is -4.13. The van der Waals surface area contributed by atoms with E-state index in [1.165, 1.54) is 21.1 Å². The van der Waals surface area contributed by atoms with E-state index in [0.717, 1.165) is 4.67 Å². The summed E-state index contributed by atoms with van der Waals surface area (Å²) >= 11 is 0. The number of nitrogens with zero attached hydrogens (tertiary/aromatic N) is 2. The molecule has 1 atom stereocenters. The van der Waals surface area contributed by atoms with Crippen molar-refractivity contribution in [3.63, 3.8) is 0 Å². The first kappa shape index (κ1) is 29.9. The first-order valence-electron chi connectivity index (χ1n) is 12.1. The van der Waals surface area contributed by atoms with Crippen molar-refractivity contribution < 1.29 is 27.7 Å². The molecule has 3 aromatic carbocycles. The normalized spacial score (nSPS) is 13.4. The first-order valence-corrected chi connectivity index (χ1v) is 15.0. The Morgan fingerprint density at radius 2 is 1.26 bits per heavy atom. The van der Waals surface area contributed by atoms with Gasteiger partial charge in [-0.1, -0.05) is 97.9 Å². The second-order valence-electron chi connectivity index (χ2n) is 8.58. The van der Waals surface area contributed by atoms with Gasteiger partial charge in [0.1, 0.15) is 5.25 Å². The fraction of sp³-hybridized carbons (Fsp3) is 0.321. The Bertz CT molecular complexity index is 1200. The zero-order valence-corrected chi connectivity index (χ0v) is 23.3. The van der Waals surface area contributed by atoms with Crippen molar-refractivity contribution in [2.24, 2.45) is 0 Å². The minimum Gasteiger partial charge on any atom is -0.339 e. The molecular formula is C28H33N2O6PS. The highest BCUT2D eigenvalue weighted by Crippen LogP contribution is 2.53. The summed E-state index contributed by atoms with van der Waals surface area (Å²) in [5.41, 5.74) is 0.468. The molecule has 1 unspecified atom stereocenters. The van der Waals surface area contributed by atoms with E-state index in [-0.39, 0.29) is 18.7 Å². The Morgan fingerprint density at radius 1 is 0.868 bits per heavy atom. The van der Waals surface area contributed by atoms with Crippen LogP contribution >= 0.6 is 8.53 Å². The zero-order chi connectivity index (χ0) is 27.8. The molecule has 0 aliphatic rings. The summed E-state index contributed by atoms with van der Waals surface area (Å²) in [6, 6.07) is 29.5. The molecule has 3 rings (SSSR count). The van der Waals surface area contributed by atoms with E-state index in [1.807, 2.05) is 97.1 Å². The van der Waals surface area contributed by atoms with Crippen molar-refractivity contribution in [1.82, 2.24) is 4.67 Å². The van der Waals surface area contributed by atoms with Gasteiger partial charge in [-0.3, -0.25) is 0 Å². The number of nitriles is 1. The summed E-state index contributed by atoms with van der Waals surface area (Å²) in [6.07, 6.45) is -0.123. The van der Waals surface area contributed by atoms with Crippen LogP contribution in [0.25, 0.3) is 0 Å². The molecule has 2 N–H and O–H groups in total. The largest absolute Gasteiger partial charge is 0.339 e. The molecule has 0 bridgehead atoms. The Hall–Kier alpha value is -2.67. The minimum absolute atomic E-state index is 0.123. The van der Waals surface area contributed by atoms with Gasteiger partial charge in [-0.05, 0) is 16.7 Å². The molecule has 3 aromatic rings. The lowest BCUT2D eigenvalue weighted by atomic mass is 9.66. The van der Waals surface area contributed by atoms with Gasteiger partial charge in [-0.25, -0.2) is 8.42 Å².